The van der Waals surface area contributed by atoms with Crippen molar-refractivity contribution >= 4 is 17.0 Å². The number of nitrogens with two attached hydrogens (primary N) is 1. The van der Waals surface area contributed by atoms with Gasteiger partial charge in [-0.15, -0.1) is 0 Å². The van der Waals surface area contributed by atoms with Crippen LogP contribution in [0.15, 0.2) is 53.4 Å². The summed E-state index contributed by atoms with van der Waals surface area (Å²) in [5, 5.41) is 14.0. The van der Waals surface area contributed by atoms with E-state index < -0.39 is 17.0 Å². The van der Waals surface area contributed by atoms with Gasteiger partial charge in [-0.2, -0.15) is 5.10 Å². The van der Waals surface area contributed by atoms with Gasteiger partial charge in [0.25, 0.3) is 0 Å². The second kappa shape index (κ2) is 9.37. The lowest BCUT2D eigenvalue weighted by molar-refractivity contribution is 0.406. The smallest absolute Gasteiger partial charge is 0.183 e. The third-order valence-corrected chi connectivity index (χ3v) is 6.38. The summed E-state index contributed by atoms with van der Waals surface area (Å²) in [5.41, 5.74) is 1.89. The predicted molar refractivity (Wildman–Crippen MR) is 120 cm³/mol. The topological polar surface area (TPSA) is 119 Å². The van der Waals surface area contributed by atoms with E-state index in [1.54, 1.807) is 44.2 Å². The summed E-state index contributed by atoms with van der Waals surface area (Å²) in [7, 11) is 0. The molecule has 0 aliphatic carbocycles. The normalized spacial score (nSPS) is 15.6. The van der Waals surface area contributed by atoms with Gasteiger partial charge in [0.05, 0.1) is 18.4 Å². The van der Waals surface area contributed by atoms with Crippen LogP contribution in [0.2, 0.25) is 0 Å². The molecule has 0 radical (unpaired) electrons. The Morgan fingerprint density at radius 3 is 2.56 bits per heavy atom. The largest absolute Gasteiger partial charge is 0.364 e. The van der Waals surface area contributed by atoms with Gasteiger partial charge in [0, 0.05) is 37.8 Å². The van der Waals surface area contributed by atoms with E-state index in [1.807, 2.05) is 0 Å². The van der Waals surface area contributed by atoms with Crippen molar-refractivity contribution in [3.63, 3.8) is 0 Å². The molecule has 34 heavy (non-hydrogen) atoms. The molecule has 3 aromatic heterocycles. The Morgan fingerprint density at radius 2 is 1.85 bits per heavy atom. The molecular formula is C21H20F2N8O2S. The van der Waals surface area contributed by atoms with E-state index in [0.717, 1.165) is 6.20 Å². The van der Waals surface area contributed by atoms with Crippen LogP contribution in [0.4, 0.5) is 14.6 Å². The molecule has 0 spiro atoms. The average Bonchev–Trinajstić information content (AvgIpc) is 3.51. The molecule has 1 fully saturated rings. The first-order valence-electron chi connectivity index (χ1n) is 10.4. The first-order valence-corrected chi connectivity index (χ1v) is 11.6. The standard InChI is InChI=1S/C21H20F2N8O2S/c22-15-4-2-1-3-14(15)13-31-19(17-5-10-33-28-17)11-18(27-31)20-25-12-16(23)21(26-20)29-6-8-30(9-7-29)34(24)32/h1-5,10-12H,6-9,13,24H2. The fraction of sp³-hybridized carbons (Fsp3) is 0.238. The maximum absolute atomic E-state index is 14.6. The van der Waals surface area contributed by atoms with E-state index >= 15 is 0 Å². The van der Waals surface area contributed by atoms with Gasteiger partial charge < -0.3 is 9.42 Å². The van der Waals surface area contributed by atoms with Gasteiger partial charge in [0.2, 0.25) is 0 Å². The van der Waals surface area contributed by atoms with E-state index in [-0.39, 0.29) is 24.0 Å². The molecule has 1 aromatic carbocycles. The number of nitrogens with zero attached hydrogens (tertiary/aromatic N) is 7. The van der Waals surface area contributed by atoms with Gasteiger partial charge >= 0.3 is 0 Å². The van der Waals surface area contributed by atoms with Gasteiger partial charge in [-0.25, -0.2) is 32.4 Å². The third kappa shape index (κ3) is 4.44. The maximum atomic E-state index is 14.6. The van der Waals surface area contributed by atoms with Crippen LogP contribution in [0, 0.1) is 11.6 Å². The Morgan fingerprint density at radius 1 is 1.06 bits per heavy atom. The number of hydrogen-bond acceptors (Lipinski definition) is 7. The van der Waals surface area contributed by atoms with Crippen molar-refractivity contribution in [1.29, 1.82) is 0 Å². The molecule has 176 valence electrons. The van der Waals surface area contributed by atoms with Crippen LogP contribution >= 0.6 is 0 Å². The highest BCUT2D eigenvalue weighted by atomic mass is 32.2. The van der Waals surface area contributed by atoms with Crippen molar-refractivity contribution in [3.05, 3.63) is 66.1 Å². The van der Waals surface area contributed by atoms with Crippen molar-refractivity contribution < 1.29 is 17.5 Å². The fourth-order valence-corrected chi connectivity index (χ4v) is 4.29. The molecule has 1 aliphatic rings. The number of hydrogen-bond donors (Lipinski definition) is 1. The first-order chi connectivity index (χ1) is 16.5. The quantitative estimate of drug-likeness (QED) is 0.443. The number of anilines is 1. The van der Waals surface area contributed by atoms with Crippen LogP contribution in [-0.4, -0.2) is 59.6 Å². The van der Waals surface area contributed by atoms with Gasteiger partial charge in [-0.3, -0.25) is 4.68 Å². The van der Waals surface area contributed by atoms with Crippen molar-refractivity contribution in [2.45, 2.75) is 6.54 Å². The fourth-order valence-electron chi connectivity index (χ4n) is 3.77. The summed E-state index contributed by atoms with van der Waals surface area (Å²) >= 11 is -1.57. The third-order valence-electron chi connectivity index (χ3n) is 5.51. The molecular weight excluding hydrogens is 466 g/mol. The number of halogens is 2. The molecule has 4 heterocycles. The Kier molecular flexibility index (Phi) is 6.13. The van der Waals surface area contributed by atoms with Crippen LogP contribution in [0.5, 0.6) is 0 Å². The summed E-state index contributed by atoms with van der Waals surface area (Å²) in [6.45, 7) is 1.77. The molecule has 1 atom stereocenters. The van der Waals surface area contributed by atoms with Crippen molar-refractivity contribution in [2.75, 3.05) is 31.1 Å². The van der Waals surface area contributed by atoms with E-state index in [1.165, 1.54) is 12.3 Å². The van der Waals surface area contributed by atoms with Crippen molar-refractivity contribution in [1.82, 2.24) is 29.2 Å². The first kappa shape index (κ1) is 22.3. The Labute approximate surface area is 195 Å². The molecule has 1 aliphatic heterocycles. The van der Waals surface area contributed by atoms with Crippen LogP contribution in [-0.2, 0) is 17.7 Å². The van der Waals surface area contributed by atoms with Gasteiger partial charge in [0.15, 0.2) is 28.6 Å². The number of aromatic nitrogens is 5. The molecule has 13 heteroatoms. The second-order valence-corrected chi connectivity index (χ2v) is 8.67. The lowest BCUT2D eigenvalue weighted by atomic mass is 10.2. The minimum atomic E-state index is -1.57. The Hall–Kier alpha value is -3.55. The Bertz CT molecular complexity index is 1320. The SMILES string of the molecule is NS(=O)N1CCN(c2nc(-c3cc(-c4ccon4)n(Cc4ccccc4F)n3)ncc2F)CC1. The highest BCUT2D eigenvalue weighted by molar-refractivity contribution is 7.80. The van der Waals surface area contributed by atoms with Gasteiger partial charge in [-0.05, 0) is 12.1 Å². The zero-order valence-corrected chi connectivity index (χ0v) is 18.7. The van der Waals surface area contributed by atoms with Crippen LogP contribution < -0.4 is 10.0 Å². The van der Waals surface area contributed by atoms with E-state index in [9.17, 15) is 13.0 Å². The zero-order chi connectivity index (χ0) is 23.7. The van der Waals surface area contributed by atoms with Gasteiger partial charge in [-0.1, -0.05) is 23.4 Å². The molecule has 0 amide bonds. The molecule has 0 saturated carbocycles. The van der Waals surface area contributed by atoms with Crippen molar-refractivity contribution in [3.8, 4) is 22.9 Å². The highest BCUT2D eigenvalue weighted by Crippen LogP contribution is 2.27. The molecule has 1 unspecified atom stereocenters. The lowest BCUT2D eigenvalue weighted by Crippen LogP contribution is -2.49. The molecule has 4 aromatic rings. The predicted octanol–water partition coefficient (Wildman–Crippen LogP) is 1.98. The number of rotatable bonds is 6. The monoisotopic (exact) mass is 486 g/mol. The molecule has 2 N–H and O–H groups in total. The second-order valence-electron chi connectivity index (χ2n) is 7.61. The van der Waals surface area contributed by atoms with Crippen LogP contribution in [0.25, 0.3) is 22.9 Å². The minimum absolute atomic E-state index is 0.124. The Balaban J connectivity index is 1.49. The van der Waals surface area contributed by atoms with Gasteiger partial charge in [0.1, 0.15) is 23.5 Å². The maximum Gasteiger partial charge on any atom is 0.183 e. The van der Waals surface area contributed by atoms with E-state index in [0.29, 0.717) is 48.8 Å². The van der Waals surface area contributed by atoms with E-state index in [2.05, 4.69) is 20.2 Å². The minimum Gasteiger partial charge on any atom is -0.364 e. The molecule has 1 saturated heterocycles. The summed E-state index contributed by atoms with van der Waals surface area (Å²) < 4.78 is 48.5. The molecule has 10 nitrogen and oxygen atoms in total. The molecule has 0 bridgehead atoms. The number of benzene rings is 1. The molecule has 5 rings (SSSR count). The average molecular weight is 487 g/mol. The van der Waals surface area contributed by atoms with Crippen LogP contribution in [0.1, 0.15) is 5.56 Å². The van der Waals surface area contributed by atoms with E-state index in [4.69, 9.17) is 9.66 Å². The van der Waals surface area contributed by atoms with Crippen molar-refractivity contribution in [2.24, 2.45) is 5.14 Å². The lowest BCUT2D eigenvalue weighted by Gasteiger charge is -2.33. The number of piperazine rings is 1. The zero-order valence-electron chi connectivity index (χ0n) is 17.8. The summed E-state index contributed by atoms with van der Waals surface area (Å²) in [6, 6.07) is 9.77. The summed E-state index contributed by atoms with van der Waals surface area (Å²) in [4.78, 5) is 10.3. The summed E-state index contributed by atoms with van der Waals surface area (Å²) in [5.74, 6) is -0.602. The summed E-state index contributed by atoms with van der Waals surface area (Å²) in [6.07, 6.45) is 2.52. The van der Waals surface area contributed by atoms with Crippen LogP contribution in [0.3, 0.4) is 0 Å². The highest BCUT2D eigenvalue weighted by Gasteiger charge is 2.24.